The van der Waals surface area contributed by atoms with E-state index in [0.717, 1.165) is 45.2 Å². The Labute approximate surface area is 174 Å². The predicted molar refractivity (Wildman–Crippen MR) is 121 cm³/mol. The molecule has 2 heterocycles. The number of halogens is 1. The summed E-state index contributed by atoms with van der Waals surface area (Å²) in [5.41, 5.74) is 8.15. The number of aromatic nitrogens is 3. The molecule has 30 heavy (non-hydrogen) atoms. The van der Waals surface area contributed by atoms with E-state index in [2.05, 4.69) is 68.2 Å². The maximum absolute atomic E-state index is 14.2. The van der Waals surface area contributed by atoms with Gasteiger partial charge in [0.05, 0.1) is 16.7 Å². The molecule has 0 amide bonds. The predicted octanol–water partition coefficient (Wildman–Crippen LogP) is 6.56. The van der Waals surface area contributed by atoms with Gasteiger partial charge in [0.1, 0.15) is 11.5 Å². The highest BCUT2D eigenvalue weighted by molar-refractivity contribution is 6.08. The molecule has 3 aromatic carbocycles. The molecule has 0 spiro atoms. The zero-order chi connectivity index (χ0) is 20.8. The fourth-order valence-corrected chi connectivity index (χ4v) is 3.91. The summed E-state index contributed by atoms with van der Waals surface area (Å²) in [5, 5.41) is 6.66. The van der Waals surface area contributed by atoms with Gasteiger partial charge in [-0.15, -0.1) is 0 Å². The number of pyridine rings is 1. The third kappa shape index (κ3) is 2.96. The van der Waals surface area contributed by atoms with Gasteiger partial charge >= 0.3 is 0 Å². The van der Waals surface area contributed by atoms with E-state index >= 15 is 0 Å². The van der Waals surface area contributed by atoms with Crippen LogP contribution in [0.3, 0.4) is 0 Å². The summed E-state index contributed by atoms with van der Waals surface area (Å²) in [7, 11) is 0. The molecule has 148 valence electrons. The second kappa shape index (κ2) is 7.06. The van der Waals surface area contributed by atoms with E-state index in [4.69, 9.17) is 5.10 Å². The minimum absolute atomic E-state index is 0.279. The first-order valence-corrected chi connectivity index (χ1v) is 10.2. The number of hydrogen-bond acceptors (Lipinski definition) is 2. The van der Waals surface area contributed by atoms with Gasteiger partial charge in [-0.2, -0.15) is 5.10 Å². The summed E-state index contributed by atoms with van der Waals surface area (Å²) >= 11 is 0. The highest BCUT2D eigenvalue weighted by Crippen LogP contribution is 2.34. The molecule has 0 atom stereocenters. The molecule has 0 saturated carbocycles. The molecule has 4 heteroatoms. The topological polar surface area (TPSA) is 30.7 Å². The lowest BCUT2D eigenvalue weighted by atomic mass is 10.0. The monoisotopic (exact) mass is 395 g/mol. The Kier molecular flexibility index (Phi) is 4.35. The maximum atomic E-state index is 14.2. The minimum Gasteiger partial charge on any atom is -0.255 e. The van der Waals surface area contributed by atoms with Crippen LogP contribution in [0.25, 0.3) is 38.8 Å². The van der Waals surface area contributed by atoms with Crippen molar-refractivity contribution in [3.8, 4) is 16.9 Å². The summed E-state index contributed by atoms with van der Waals surface area (Å²) in [6.07, 6.45) is 2.84. The van der Waals surface area contributed by atoms with Crippen molar-refractivity contribution in [2.24, 2.45) is 0 Å². The van der Waals surface area contributed by atoms with Crippen LogP contribution in [0.15, 0.2) is 66.9 Å². The molecule has 0 bridgehead atoms. The fraction of sp³-hybridized carbons (Fsp3) is 0.154. The number of rotatable bonds is 3. The van der Waals surface area contributed by atoms with Crippen molar-refractivity contribution < 1.29 is 4.39 Å². The van der Waals surface area contributed by atoms with Crippen molar-refractivity contribution in [1.82, 2.24) is 14.8 Å². The molecule has 5 aromatic rings. The average molecular weight is 395 g/mol. The van der Waals surface area contributed by atoms with Crippen molar-refractivity contribution in [3.63, 3.8) is 0 Å². The average Bonchev–Trinajstić information content (AvgIpc) is 3.16. The number of benzene rings is 3. The highest BCUT2D eigenvalue weighted by Gasteiger charge is 2.18. The van der Waals surface area contributed by atoms with E-state index in [0.29, 0.717) is 0 Å². The van der Waals surface area contributed by atoms with Gasteiger partial charge in [-0.25, -0.2) is 9.07 Å². The normalized spacial score (nSPS) is 11.5. The lowest BCUT2D eigenvalue weighted by Gasteiger charge is -2.08. The van der Waals surface area contributed by atoms with Gasteiger partial charge in [-0.1, -0.05) is 37.3 Å². The van der Waals surface area contributed by atoms with Crippen LogP contribution in [0.4, 0.5) is 4.39 Å². The fourth-order valence-electron chi connectivity index (χ4n) is 3.91. The summed E-state index contributed by atoms with van der Waals surface area (Å²) < 4.78 is 16.1. The highest BCUT2D eigenvalue weighted by atomic mass is 19.1. The third-order valence-corrected chi connectivity index (χ3v) is 5.84. The van der Waals surface area contributed by atoms with Gasteiger partial charge in [-0.05, 0) is 67.3 Å². The van der Waals surface area contributed by atoms with Crippen molar-refractivity contribution in [2.45, 2.75) is 27.2 Å². The van der Waals surface area contributed by atoms with Gasteiger partial charge in [0.25, 0.3) is 0 Å². The van der Waals surface area contributed by atoms with Gasteiger partial charge in [0.15, 0.2) is 0 Å². The molecule has 3 nitrogen and oxygen atoms in total. The van der Waals surface area contributed by atoms with Crippen LogP contribution in [-0.2, 0) is 6.42 Å². The second-order valence-electron chi connectivity index (χ2n) is 7.76. The molecule has 0 aliphatic rings. The quantitative estimate of drug-likeness (QED) is 0.346. The van der Waals surface area contributed by atoms with E-state index in [1.807, 2.05) is 10.9 Å². The first kappa shape index (κ1) is 18.5. The van der Waals surface area contributed by atoms with Gasteiger partial charge < -0.3 is 0 Å². The Morgan fingerprint density at radius 3 is 2.40 bits per heavy atom. The van der Waals surface area contributed by atoms with Crippen molar-refractivity contribution in [1.29, 1.82) is 0 Å². The molecular weight excluding hydrogens is 373 g/mol. The largest absolute Gasteiger partial charge is 0.255 e. The summed E-state index contributed by atoms with van der Waals surface area (Å²) in [6.45, 7) is 6.33. The molecule has 0 aliphatic heterocycles. The molecule has 0 N–H and O–H groups in total. The Balaban J connectivity index is 1.86. The Morgan fingerprint density at radius 2 is 1.67 bits per heavy atom. The van der Waals surface area contributed by atoms with Crippen LogP contribution in [-0.4, -0.2) is 14.8 Å². The Bertz CT molecular complexity index is 1400. The maximum Gasteiger partial charge on any atom is 0.124 e. The molecule has 0 saturated heterocycles. The van der Waals surface area contributed by atoms with Crippen LogP contribution in [0.5, 0.6) is 0 Å². The number of nitrogens with zero attached hydrogens (tertiary/aromatic N) is 3. The lowest BCUT2D eigenvalue weighted by molar-refractivity contribution is 0.629. The third-order valence-electron chi connectivity index (χ3n) is 5.84. The van der Waals surface area contributed by atoms with Crippen LogP contribution in [0, 0.1) is 19.7 Å². The van der Waals surface area contributed by atoms with Gasteiger partial charge in [-0.3, -0.25) is 4.98 Å². The first-order chi connectivity index (χ1) is 14.5. The molecule has 0 aliphatic carbocycles. The number of aryl methyl sites for hydroxylation is 3. The lowest BCUT2D eigenvalue weighted by Crippen LogP contribution is -1.99. The van der Waals surface area contributed by atoms with Crippen molar-refractivity contribution >= 4 is 21.8 Å². The summed E-state index contributed by atoms with van der Waals surface area (Å²) in [6, 6.07) is 19.4. The van der Waals surface area contributed by atoms with Crippen LogP contribution in [0.1, 0.15) is 23.6 Å². The first-order valence-electron chi connectivity index (χ1n) is 10.2. The van der Waals surface area contributed by atoms with E-state index in [9.17, 15) is 4.39 Å². The standard InChI is InChI=1S/C26H22FN3/c1-4-18-6-8-19(9-7-18)25-23-15-28-24-12-10-20(27)14-22(24)26(23)30(29-25)21-11-5-16(2)17(3)13-21/h5-15H,4H2,1-3H3. The molecule has 0 radical (unpaired) electrons. The van der Waals surface area contributed by atoms with Gasteiger partial charge in [0.2, 0.25) is 0 Å². The minimum atomic E-state index is -0.279. The van der Waals surface area contributed by atoms with E-state index in [1.165, 1.54) is 22.8 Å². The van der Waals surface area contributed by atoms with Crippen LogP contribution < -0.4 is 0 Å². The van der Waals surface area contributed by atoms with E-state index in [1.54, 1.807) is 12.1 Å². The molecule has 0 fully saturated rings. The second-order valence-corrected chi connectivity index (χ2v) is 7.76. The Hall–Kier alpha value is -3.53. The van der Waals surface area contributed by atoms with E-state index in [-0.39, 0.29) is 5.82 Å². The molecular formula is C26H22FN3. The van der Waals surface area contributed by atoms with Crippen LogP contribution in [0.2, 0.25) is 0 Å². The molecule has 2 aromatic heterocycles. The SMILES string of the molecule is CCc1ccc(-c2nn(-c3ccc(C)c(C)c3)c3c2cnc2ccc(F)cc23)cc1. The molecule has 5 rings (SSSR count). The number of hydrogen-bond donors (Lipinski definition) is 0. The van der Waals surface area contributed by atoms with Crippen molar-refractivity contribution in [3.05, 3.63) is 89.4 Å². The smallest absolute Gasteiger partial charge is 0.124 e. The van der Waals surface area contributed by atoms with Crippen molar-refractivity contribution in [2.75, 3.05) is 0 Å². The van der Waals surface area contributed by atoms with Gasteiger partial charge in [0, 0.05) is 22.5 Å². The zero-order valence-corrected chi connectivity index (χ0v) is 17.3. The molecule has 0 unspecified atom stereocenters. The van der Waals surface area contributed by atoms with E-state index < -0.39 is 0 Å². The summed E-state index contributed by atoms with van der Waals surface area (Å²) in [5.74, 6) is -0.279. The zero-order valence-electron chi connectivity index (χ0n) is 17.3. The van der Waals surface area contributed by atoms with Crippen LogP contribution >= 0.6 is 0 Å². The Morgan fingerprint density at radius 1 is 0.867 bits per heavy atom. The number of fused-ring (bicyclic) bond motifs is 3. The summed E-state index contributed by atoms with van der Waals surface area (Å²) in [4.78, 5) is 4.59.